The van der Waals surface area contributed by atoms with Gasteiger partial charge >= 0.3 is 0 Å². The number of fused-ring (bicyclic) bond motifs is 1. The molecule has 3 aromatic heterocycles. The fraction of sp³-hybridized carbons (Fsp3) is 0.308. The molecule has 3 heterocycles. The van der Waals surface area contributed by atoms with E-state index in [1.165, 1.54) is 38.1 Å². The second-order valence-corrected chi connectivity index (χ2v) is 8.83. The lowest BCUT2D eigenvalue weighted by molar-refractivity contribution is 0.0964. The molecule has 1 fully saturated rings. The van der Waals surface area contributed by atoms with Gasteiger partial charge in [0.25, 0.3) is 5.91 Å². The van der Waals surface area contributed by atoms with Crippen molar-refractivity contribution in [2.24, 2.45) is 0 Å². The second-order valence-electron chi connectivity index (χ2n) is 8.83. The van der Waals surface area contributed by atoms with Crippen LogP contribution in [0.4, 0.5) is 10.2 Å². The van der Waals surface area contributed by atoms with Crippen LogP contribution in [-0.4, -0.2) is 44.4 Å². The number of aromatic nitrogens is 5. The number of halogens is 1. The molecule has 0 spiro atoms. The predicted molar refractivity (Wildman–Crippen MR) is 142 cm³/mol. The van der Waals surface area contributed by atoms with Gasteiger partial charge in [-0.25, -0.2) is 24.3 Å². The quantitative estimate of drug-likeness (QED) is 0.379. The van der Waals surface area contributed by atoms with E-state index in [1.807, 2.05) is 25.4 Å². The molecule has 8 nitrogen and oxygen atoms in total. The molecule has 186 valence electrons. The van der Waals surface area contributed by atoms with E-state index in [-0.39, 0.29) is 36.3 Å². The van der Waals surface area contributed by atoms with E-state index in [1.54, 1.807) is 6.07 Å². The number of anilines is 1. The van der Waals surface area contributed by atoms with Gasteiger partial charge in [-0.05, 0) is 30.5 Å². The largest absolute Gasteiger partial charge is 0.369 e. The normalized spacial score (nSPS) is 14.0. The Hall–Kier alpha value is -3.66. The average Bonchev–Trinajstić information content (AvgIpc) is 2.86. The fourth-order valence-electron chi connectivity index (χ4n) is 4.30. The van der Waals surface area contributed by atoms with E-state index in [4.69, 9.17) is 0 Å². The number of pyridine rings is 1. The van der Waals surface area contributed by atoms with Crippen molar-refractivity contribution in [1.82, 2.24) is 30.2 Å². The molecule has 0 unspecified atom stereocenters. The van der Waals surface area contributed by atoms with Crippen molar-refractivity contribution in [3.63, 3.8) is 0 Å². The maximum atomic E-state index is 14.7. The predicted octanol–water partition coefficient (Wildman–Crippen LogP) is 4.58. The Morgan fingerprint density at radius 3 is 2.58 bits per heavy atom. The summed E-state index contributed by atoms with van der Waals surface area (Å²) in [5, 5.41) is 6.12. The Bertz CT molecular complexity index is 1380. The Balaban J connectivity index is 0.00000304. The average molecular weight is 506 g/mol. The van der Waals surface area contributed by atoms with Crippen LogP contribution in [0.5, 0.6) is 0 Å². The van der Waals surface area contributed by atoms with Crippen LogP contribution in [0.1, 0.15) is 59.8 Å². The number of hydrogen-bond donors (Lipinski definition) is 2. The third-order valence-corrected chi connectivity index (χ3v) is 6.57. The van der Waals surface area contributed by atoms with Crippen LogP contribution < -0.4 is 10.6 Å². The van der Waals surface area contributed by atoms with Gasteiger partial charge < -0.3 is 10.6 Å². The first-order valence-electron chi connectivity index (χ1n) is 11.7. The monoisotopic (exact) mass is 505 g/mol. The van der Waals surface area contributed by atoms with Gasteiger partial charge in [0.2, 0.25) is 0 Å². The van der Waals surface area contributed by atoms with E-state index in [0.29, 0.717) is 23.8 Å². The molecule has 36 heavy (non-hydrogen) atoms. The number of carbonyl (C=O) groups is 1. The minimum atomic E-state index is -0.471. The lowest BCUT2D eigenvalue weighted by Gasteiger charge is -2.23. The molecule has 10 heteroatoms. The minimum absolute atomic E-state index is 0. The zero-order chi connectivity index (χ0) is 24.4. The molecule has 0 aliphatic heterocycles. The van der Waals surface area contributed by atoms with Crippen molar-refractivity contribution in [2.75, 3.05) is 18.9 Å². The van der Waals surface area contributed by atoms with Gasteiger partial charge in [-0.1, -0.05) is 19.4 Å². The summed E-state index contributed by atoms with van der Waals surface area (Å²) in [6, 6.07) is 6.50. The molecule has 1 amide bonds. The van der Waals surface area contributed by atoms with Gasteiger partial charge in [0.1, 0.15) is 23.8 Å². The highest BCUT2D eigenvalue weighted by atomic mass is 32.1. The summed E-state index contributed by atoms with van der Waals surface area (Å²) in [6.45, 7) is 2.54. The van der Waals surface area contributed by atoms with Gasteiger partial charge in [-0.2, -0.15) is 13.5 Å². The summed E-state index contributed by atoms with van der Waals surface area (Å²) < 4.78 is 14.7. The number of nitrogens with one attached hydrogen (secondary N) is 2. The van der Waals surface area contributed by atoms with Crippen molar-refractivity contribution in [1.29, 1.82) is 0 Å². The molecule has 0 saturated heterocycles. The molecular weight excluding hydrogens is 477 g/mol. The highest BCUT2D eigenvalue weighted by Crippen LogP contribution is 2.34. The molecule has 1 aliphatic carbocycles. The van der Waals surface area contributed by atoms with Gasteiger partial charge in [-0.3, -0.25) is 9.78 Å². The summed E-state index contributed by atoms with van der Waals surface area (Å²) in [4.78, 5) is 34.4. The molecule has 1 aliphatic rings. The van der Waals surface area contributed by atoms with Crippen molar-refractivity contribution >= 4 is 36.1 Å². The first kappa shape index (κ1) is 25.4. The Labute approximate surface area is 215 Å². The Kier molecular flexibility index (Phi) is 7.73. The highest BCUT2D eigenvalue weighted by molar-refractivity contribution is 7.59. The zero-order valence-electron chi connectivity index (χ0n) is 20.1. The van der Waals surface area contributed by atoms with Gasteiger partial charge in [-0.15, -0.1) is 0 Å². The Morgan fingerprint density at radius 1 is 1.11 bits per heavy atom. The SMILES string of the molecule is CNC(=O)c1ccnc2c([C@H](C)CNc3cc(-c4cnc(C5CCC5)nc4)ncn3)ccc(F)c12.S. The number of amides is 1. The van der Waals surface area contributed by atoms with Crippen LogP contribution in [0.25, 0.3) is 22.2 Å². The standard InChI is InChI=1S/C26H26FN7O.H2S/c1-15(18-6-7-20(27)23-19(26(35)28-2)8-9-29-24(18)23)11-30-22-10-21(33-14-34-22)17-12-31-25(32-13-17)16-4-3-5-16;/h6-10,12-16H,3-5,11H2,1-2H3,(H,28,35)(H,30,33,34);1H2/t15-;/m1./s1. The second kappa shape index (κ2) is 10.9. The van der Waals surface area contributed by atoms with Crippen LogP contribution in [0, 0.1) is 5.82 Å². The molecule has 4 aromatic rings. The number of benzene rings is 1. The van der Waals surface area contributed by atoms with Gasteiger partial charge in [0.15, 0.2) is 0 Å². The number of hydrogen-bond acceptors (Lipinski definition) is 7. The molecule has 5 rings (SSSR count). The number of carbonyl (C=O) groups excluding carboxylic acids is 1. The highest BCUT2D eigenvalue weighted by Gasteiger charge is 2.22. The van der Waals surface area contributed by atoms with Crippen molar-refractivity contribution in [3.8, 4) is 11.3 Å². The zero-order valence-corrected chi connectivity index (χ0v) is 21.1. The summed E-state index contributed by atoms with van der Waals surface area (Å²) in [7, 11) is 1.52. The molecule has 1 atom stereocenters. The smallest absolute Gasteiger partial charge is 0.251 e. The molecule has 1 aromatic carbocycles. The van der Waals surface area contributed by atoms with Crippen LogP contribution >= 0.6 is 13.5 Å². The first-order chi connectivity index (χ1) is 17.0. The van der Waals surface area contributed by atoms with E-state index >= 15 is 0 Å². The van der Waals surface area contributed by atoms with Crippen molar-refractivity contribution < 1.29 is 9.18 Å². The van der Waals surface area contributed by atoms with Crippen LogP contribution in [0.3, 0.4) is 0 Å². The van der Waals surface area contributed by atoms with Crippen molar-refractivity contribution in [3.05, 3.63) is 72.0 Å². The number of rotatable bonds is 7. The van der Waals surface area contributed by atoms with Crippen molar-refractivity contribution in [2.45, 2.75) is 38.0 Å². The third-order valence-electron chi connectivity index (χ3n) is 6.57. The summed E-state index contributed by atoms with van der Waals surface area (Å²) in [6.07, 6.45) is 10.2. The van der Waals surface area contributed by atoms with Crippen LogP contribution in [0.15, 0.2) is 49.2 Å². The van der Waals surface area contributed by atoms with Crippen LogP contribution in [0.2, 0.25) is 0 Å². The van der Waals surface area contributed by atoms with E-state index in [9.17, 15) is 9.18 Å². The van der Waals surface area contributed by atoms with E-state index in [2.05, 4.69) is 35.6 Å². The van der Waals surface area contributed by atoms with Gasteiger partial charge in [0.05, 0.1) is 16.8 Å². The maximum absolute atomic E-state index is 14.7. The van der Waals surface area contributed by atoms with Gasteiger partial charge in [0, 0.05) is 61.0 Å². The fourth-order valence-corrected chi connectivity index (χ4v) is 4.30. The summed E-state index contributed by atoms with van der Waals surface area (Å²) in [5.41, 5.74) is 3.16. The first-order valence-corrected chi connectivity index (χ1v) is 11.7. The summed E-state index contributed by atoms with van der Waals surface area (Å²) in [5.74, 6) is 1.20. The van der Waals surface area contributed by atoms with E-state index in [0.717, 1.165) is 35.5 Å². The molecular formula is C26H28FN7OS. The topological polar surface area (TPSA) is 106 Å². The molecule has 1 saturated carbocycles. The van der Waals surface area contributed by atoms with Crippen LogP contribution in [-0.2, 0) is 0 Å². The molecule has 0 bridgehead atoms. The molecule has 2 N–H and O–H groups in total. The number of nitrogens with zero attached hydrogens (tertiary/aromatic N) is 5. The lowest BCUT2D eigenvalue weighted by Crippen LogP contribution is -2.19. The molecule has 0 radical (unpaired) electrons. The third kappa shape index (κ3) is 4.99. The summed E-state index contributed by atoms with van der Waals surface area (Å²) >= 11 is 0. The van der Waals surface area contributed by atoms with E-state index < -0.39 is 5.82 Å². The Morgan fingerprint density at radius 2 is 1.89 bits per heavy atom. The minimum Gasteiger partial charge on any atom is -0.369 e. The lowest BCUT2D eigenvalue weighted by atomic mass is 9.85. The maximum Gasteiger partial charge on any atom is 0.251 e.